The molecule has 4 heteroatoms. The summed E-state index contributed by atoms with van der Waals surface area (Å²) < 4.78 is 5.87. The lowest BCUT2D eigenvalue weighted by atomic mass is 9.49. The molecule has 0 radical (unpaired) electrons. The number of fused-ring (bicyclic) bond motifs is 1. The quantitative estimate of drug-likeness (QED) is 0.724. The van der Waals surface area contributed by atoms with Gasteiger partial charge in [0.05, 0.1) is 19.3 Å². The monoisotopic (exact) mass is 336 g/mol. The molecule has 2 fully saturated rings. The number of piperazine rings is 1. The van der Waals surface area contributed by atoms with Gasteiger partial charge in [0.25, 0.3) is 0 Å². The van der Waals surface area contributed by atoms with Crippen molar-refractivity contribution >= 4 is 0 Å². The van der Waals surface area contributed by atoms with Crippen LogP contribution in [0.3, 0.4) is 0 Å². The summed E-state index contributed by atoms with van der Waals surface area (Å²) in [5.74, 6) is 1.58. The Labute approximate surface area is 147 Å². The molecule has 1 heterocycles. The number of hydrogen-bond acceptors (Lipinski definition) is 4. The Morgan fingerprint density at radius 2 is 1.96 bits per heavy atom. The van der Waals surface area contributed by atoms with Gasteiger partial charge in [-0.05, 0) is 49.5 Å². The van der Waals surface area contributed by atoms with Crippen LogP contribution in [0.5, 0.6) is 0 Å². The van der Waals surface area contributed by atoms with Crippen LogP contribution in [-0.4, -0.2) is 73.0 Å². The predicted molar refractivity (Wildman–Crippen MR) is 98.1 cm³/mol. The van der Waals surface area contributed by atoms with Crippen molar-refractivity contribution in [1.82, 2.24) is 9.80 Å². The smallest absolute Gasteiger partial charge is 0.0900 e. The minimum absolute atomic E-state index is 0.373. The lowest BCUT2D eigenvalue weighted by Gasteiger charge is -2.56. The number of hydrogen-bond donors (Lipinski definition) is 1. The molecule has 0 spiro atoms. The molecular weight excluding hydrogens is 300 g/mol. The highest BCUT2D eigenvalue weighted by atomic mass is 16.5. The molecule has 1 N–H and O–H groups in total. The third kappa shape index (κ3) is 3.87. The summed E-state index contributed by atoms with van der Waals surface area (Å²) in [4.78, 5) is 4.87. The highest BCUT2D eigenvalue weighted by Crippen LogP contribution is 2.59. The minimum Gasteiger partial charge on any atom is -0.389 e. The summed E-state index contributed by atoms with van der Waals surface area (Å²) >= 11 is 0. The van der Waals surface area contributed by atoms with E-state index in [1.54, 1.807) is 0 Å². The van der Waals surface area contributed by atoms with Gasteiger partial charge in [0.15, 0.2) is 0 Å². The second-order valence-electron chi connectivity index (χ2n) is 8.92. The number of allylic oxidation sites excluding steroid dienone is 1. The number of rotatable bonds is 7. The first-order valence-corrected chi connectivity index (χ1v) is 9.79. The van der Waals surface area contributed by atoms with Crippen LogP contribution >= 0.6 is 0 Å². The van der Waals surface area contributed by atoms with E-state index >= 15 is 0 Å². The summed E-state index contributed by atoms with van der Waals surface area (Å²) in [5.41, 5.74) is 1.93. The molecule has 3 aliphatic carbocycles. The Kier molecular flexibility index (Phi) is 5.70. The Hall–Kier alpha value is -0.420. The van der Waals surface area contributed by atoms with Crippen LogP contribution < -0.4 is 0 Å². The molecule has 138 valence electrons. The Balaban J connectivity index is 1.34. The lowest BCUT2D eigenvalue weighted by molar-refractivity contribution is -0.0278. The van der Waals surface area contributed by atoms with E-state index < -0.39 is 0 Å². The van der Waals surface area contributed by atoms with Crippen LogP contribution in [0.15, 0.2) is 11.6 Å². The number of ether oxygens (including phenoxy) is 1. The number of aliphatic hydroxyl groups excluding tert-OH is 1. The van der Waals surface area contributed by atoms with E-state index in [4.69, 9.17) is 4.74 Å². The molecule has 2 bridgehead atoms. The van der Waals surface area contributed by atoms with E-state index in [-0.39, 0.29) is 6.10 Å². The first kappa shape index (κ1) is 18.4. The van der Waals surface area contributed by atoms with Gasteiger partial charge in [-0.25, -0.2) is 0 Å². The minimum atomic E-state index is -0.373. The van der Waals surface area contributed by atoms with Gasteiger partial charge in [-0.1, -0.05) is 19.9 Å². The molecular formula is C20H36N2O2. The van der Waals surface area contributed by atoms with Crippen LogP contribution in [0.2, 0.25) is 0 Å². The Morgan fingerprint density at radius 3 is 2.54 bits per heavy atom. The zero-order chi connectivity index (χ0) is 17.3. The van der Waals surface area contributed by atoms with Gasteiger partial charge >= 0.3 is 0 Å². The maximum Gasteiger partial charge on any atom is 0.0900 e. The zero-order valence-corrected chi connectivity index (χ0v) is 16.0. The molecule has 1 aliphatic heterocycles. The fourth-order valence-electron chi connectivity index (χ4n) is 4.77. The number of β-amino-alcohol motifs (C(OH)–C–C–N with tert-alkyl or cyclic N) is 1. The second kappa shape index (κ2) is 7.45. The first-order chi connectivity index (χ1) is 11.4. The van der Waals surface area contributed by atoms with E-state index in [1.807, 2.05) is 0 Å². The van der Waals surface area contributed by atoms with Gasteiger partial charge in [0.2, 0.25) is 0 Å². The Bertz CT molecular complexity index is 453. The predicted octanol–water partition coefficient (Wildman–Crippen LogP) is 2.38. The van der Waals surface area contributed by atoms with Crippen molar-refractivity contribution in [3.05, 3.63) is 11.6 Å². The normalized spacial score (nSPS) is 31.7. The van der Waals surface area contributed by atoms with Crippen LogP contribution in [0.25, 0.3) is 0 Å². The Morgan fingerprint density at radius 1 is 1.25 bits per heavy atom. The van der Waals surface area contributed by atoms with E-state index in [9.17, 15) is 5.11 Å². The molecule has 0 aromatic carbocycles. The van der Waals surface area contributed by atoms with Crippen LogP contribution in [0, 0.1) is 17.3 Å². The van der Waals surface area contributed by atoms with Crippen LogP contribution in [0.4, 0.5) is 0 Å². The molecule has 4 aliphatic rings. The molecule has 3 unspecified atom stereocenters. The molecule has 0 aromatic heterocycles. The topological polar surface area (TPSA) is 35.9 Å². The average molecular weight is 337 g/mol. The summed E-state index contributed by atoms with van der Waals surface area (Å²) in [7, 11) is 0. The van der Waals surface area contributed by atoms with Gasteiger partial charge in [-0.3, -0.25) is 9.80 Å². The molecule has 3 atom stereocenters. The van der Waals surface area contributed by atoms with Crippen molar-refractivity contribution in [2.24, 2.45) is 17.3 Å². The average Bonchev–Trinajstić information content (AvgIpc) is 2.55. The molecule has 0 aromatic rings. The fraction of sp³-hybridized carbons (Fsp3) is 0.900. The SMILES string of the molecule is CC(C)N1CCN(CC(O)COCC2=CCC3CC2C3(C)C)CC1. The standard InChI is InChI=1S/C20H36N2O2/c1-15(2)22-9-7-21(8-10-22)12-18(23)14-24-13-16-5-6-17-11-19(16)20(17,3)4/h5,15,17-19,23H,6-14H2,1-4H3. The van der Waals surface area contributed by atoms with Crippen LogP contribution in [0.1, 0.15) is 40.5 Å². The van der Waals surface area contributed by atoms with Gasteiger partial charge in [-0.2, -0.15) is 0 Å². The van der Waals surface area contributed by atoms with Crippen molar-refractivity contribution in [2.45, 2.75) is 52.7 Å². The van der Waals surface area contributed by atoms with E-state index in [2.05, 4.69) is 43.6 Å². The van der Waals surface area contributed by atoms with Gasteiger partial charge < -0.3 is 9.84 Å². The first-order valence-electron chi connectivity index (χ1n) is 9.79. The molecule has 1 saturated heterocycles. The van der Waals surface area contributed by atoms with Crippen molar-refractivity contribution < 1.29 is 9.84 Å². The number of aliphatic hydroxyl groups is 1. The summed E-state index contributed by atoms with van der Waals surface area (Å²) in [6.45, 7) is 15.5. The highest BCUT2D eigenvalue weighted by Gasteiger charge is 2.50. The highest BCUT2D eigenvalue weighted by molar-refractivity contribution is 5.23. The van der Waals surface area contributed by atoms with Crippen molar-refractivity contribution in [1.29, 1.82) is 0 Å². The molecule has 4 rings (SSSR count). The zero-order valence-electron chi connectivity index (χ0n) is 16.0. The van der Waals surface area contributed by atoms with Crippen molar-refractivity contribution in [3.63, 3.8) is 0 Å². The summed E-state index contributed by atoms with van der Waals surface area (Å²) in [6, 6.07) is 0.625. The second-order valence-corrected chi connectivity index (χ2v) is 8.92. The maximum atomic E-state index is 10.3. The van der Waals surface area contributed by atoms with Crippen molar-refractivity contribution in [3.8, 4) is 0 Å². The fourth-order valence-corrected chi connectivity index (χ4v) is 4.77. The molecule has 24 heavy (non-hydrogen) atoms. The molecule has 1 saturated carbocycles. The van der Waals surface area contributed by atoms with E-state index in [1.165, 1.54) is 18.4 Å². The van der Waals surface area contributed by atoms with E-state index in [0.29, 0.717) is 30.6 Å². The van der Waals surface area contributed by atoms with Crippen LogP contribution in [-0.2, 0) is 4.74 Å². The molecule has 0 amide bonds. The van der Waals surface area contributed by atoms with E-state index in [0.717, 1.165) is 38.6 Å². The van der Waals surface area contributed by atoms with Gasteiger partial charge in [0, 0.05) is 38.8 Å². The lowest BCUT2D eigenvalue weighted by Crippen LogP contribution is -2.51. The summed E-state index contributed by atoms with van der Waals surface area (Å²) in [5, 5.41) is 10.3. The number of nitrogens with zero attached hydrogens (tertiary/aromatic N) is 2. The third-order valence-electron chi connectivity index (χ3n) is 6.77. The van der Waals surface area contributed by atoms with Gasteiger partial charge in [-0.15, -0.1) is 0 Å². The van der Waals surface area contributed by atoms with Crippen molar-refractivity contribution in [2.75, 3.05) is 45.9 Å². The summed E-state index contributed by atoms with van der Waals surface area (Å²) in [6.07, 6.45) is 4.57. The van der Waals surface area contributed by atoms with Gasteiger partial charge in [0.1, 0.15) is 0 Å². The maximum absolute atomic E-state index is 10.3. The third-order valence-corrected chi connectivity index (χ3v) is 6.77. The molecule has 4 nitrogen and oxygen atoms in total. The largest absolute Gasteiger partial charge is 0.389 e.